The monoisotopic (exact) mass is 398 g/mol. The van der Waals surface area contributed by atoms with Crippen molar-refractivity contribution < 1.29 is 36.9 Å². The van der Waals surface area contributed by atoms with E-state index in [2.05, 4.69) is 0 Å². The molecular formula is C20H18F4O4. The summed E-state index contributed by atoms with van der Waals surface area (Å²) in [5.74, 6) is -1.02. The van der Waals surface area contributed by atoms with E-state index in [0.717, 1.165) is 12.1 Å². The second-order valence-corrected chi connectivity index (χ2v) is 5.85. The van der Waals surface area contributed by atoms with Crippen LogP contribution in [0.15, 0.2) is 48.5 Å². The lowest BCUT2D eigenvalue weighted by atomic mass is 10.2. The van der Waals surface area contributed by atoms with Crippen LogP contribution in [0.25, 0.3) is 6.08 Å². The van der Waals surface area contributed by atoms with Gasteiger partial charge in [-0.3, -0.25) is 0 Å². The van der Waals surface area contributed by atoms with Crippen molar-refractivity contribution in [1.29, 1.82) is 0 Å². The number of benzene rings is 2. The Hall–Kier alpha value is -3.03. The van der Waals surface area contributed by atoms with Crippen molar-refractivity contribution in [2.45, 2.75) is 25.6 Å². The van der Waals surface area contributed by atoms with Gasteiger partial charge in [0.15, 0.2) is 0 Å². The highest BCUT2D eigenvalue weighted by atomic mass is 19.4. The van der Waals surface area contributed by atoms with Crippen LogP contribution in [0.3, 0.4) is 0 Å². The third-order valence-corrected chi connectivity index (χ3v) is 3.59. The molecule has 0 amide bonds. The minimum absolute atomic E-state index is 0.0511. The molecule has 28 heavy (non-hydrogen) atoms. The fraction of sp³-hybridized carbons (Fsp3) is 0.250. The van der Waals surface area contributed by atoms with Crippen molar-refractivity contribution in [3.05, 3.63) is 65.5 Å². The SMILES string of the molecule is O=C(O)C=Cc1ccc(OCc2ccc(OCCCC(F)(F)F)cc2F)cc1. The van der Waals surface area contributed by atoms with Crippen LogP contribution in [0.1, 0.15) is 24.0 Å². The number of halogens is 4. The minimum Gasteiger partial charge on any atom is -0.493 e. The molecule has 0 saturated carbocycles. The summed E-state index contributed by atoms with van der Waals surface area (Å²) in [5.41, 5.74) is 0.936. The Balaban J connectivity index is 1.85. The molecule has 0 aliphatic heterocycles. The van der Waals surface area contributed by atoms with E-state index in [-0.39, 0.29) is 30.9 Å². The Morgan fingerprint density at radius 1 is 1.04 bits per heavy atom. The molecule has 2 rings (SSSR count). The third-order valence-electron chi connectivity index (χ3n) is 3.59. The maximum absolute atomic E-state index is 14.1. The number of alkyl halides is 3. The molecular weight excluding hydrogens is 380 g/mol. The first-order valence-corrected chi connectivity index (χ1v) is 8.35. The van der Waals surface area contributed by atoms with Gasteiger partial charge in [-0.2, -0.15) is 13.2 Å². The first-order valence-electron chi connectivity index (χ1n) is 8.35. The highest BCUT2D eigenvalue weighted by Crippen LogP contribution is 2.23. The molecule has 0 bridgehead atoms. The molecule has 0 atom stereocenters. The van der Waals surface area contributed by atoms with Gasteiger partial charge in [0.2, 0.25) is 0 Å². The van der Waals surface area contributed by atoms with Gasteiger partial charge in [-0.05, 0) is 42.3 Å². The van der Waals surface area contributed by atoms with Crippen molar-refractivity contribution in [2.24, 2.45) is 0 Å². The second-order valence-electron chi connectivity index (χ2n) is 5.85. The van der Waals surface area contributed by atoms with Crippen LogP contribution in [0.4, 0.5) is 17.6 Å². The third kappa shape index (κ3) is 7.69. The minimum atomic E-state index is -4.24. The fourth-order valence-corrected chi connectivity index (χ4v) is 2.20. The fourth-order valence-electron chi connectivity index (χ4n) is 2.20. The average molecular weight is 398 g/mol. The molecule has 2 aromatic carbocycles. The summed E-state index contributed by atoms with van der Waals surface area (Å²) in [6.45, 7) is -0.206. The average Bonchev–Trinajstić information content (AvgIpc) is 2.63. The number of aliphatic carboxylic acids is 1. The van der Waals surface area contributed by atoms with Crippen LogP contribution in [0.5, 0.6) is 11.5 Å². The number of hydrogen-bond acceptors (Lipinski definition) is 3. The molecule has 8 heteroatoms. The number of carboxylic acids is 1. The van der Waals surface area contributed by atoms with Gasteiger partial charge in [0.1, 0.15) is 23.9 Å². The number of carbonyl (C=O) groups is 1. The van der Waals surface area contributed by atoms with E-state index in [4.69, 9.17) is 14.6 Å². The van der Waals surface area contributed by atoms with Crippen molar-refractivity contribution in [3.8, 4) is 11.5 Å². The lowest BCUT2D eigenvalue weighted by molar-refractivity contribution is -0.136. The maximum atomic E-state index is 14.1. The number of rotatable bonds is 9. The van der Waals surface area contributed by atoms with E-state index >= 15 is 0 Å². The van der Waals surface area contributed by atoms with Gasteiger partial charge in [-0.1, -0.05) is 12.1 Å². The highest BCUT2D eigenvalue weighted by molar-refractivity contribution is 5.85. The zero-order chi connectivity index (χ0) is 20.6. The predicted molar refractivity (Wildman–Crippen MR) is 94.6 cm³/mol. The van der Waals surface area contributed by atoms with Gasteiger partial charge in [0.05, 0.1) is 6.61 Å². The molecule has 0 radical (unpaired) electrons. The van der Waals surface area contributed by atoms with E-state index in [9.17, 15) is 22.4 Å². The molecule has 4 nitrogen and oxygen atoms in total. The topological polar surface area (TPSA) is 55.8 Å². The molecule has 0 unspecified atom stereocenters. The zero-order valence-corrected chi connectivity index (χ0v) is 14.7. The van der Waals surface area contributed by atoms with Gasteiger partial charge >= 0.3 is 12.1 Å². The van der Waals surface area contributed by atoms with Crippen LogP contribution in [0, 0.1) is 5.82 Å². The van der Waals surface area contributed by atoms with Crippen molar-refractivity contribution in [1.82, 2.24) is 0 Å². The molecule has 0 saturated heterocycles. The first kappa shape index (κ1) is 21.3. The normalized spacial score (nSPS) is 11.6. The van der Waals surface area contributed by atoms with Crippen LogP contribution in [-0.2, 0) is 11.4 Å². The summed E-state index contributed by atoms with van der Waals surface area (Å²) in [5, 5.41) is 8.58. The lowest BCUT2D eigenvalue weighted by Gasteiger charge is -2.11. The Morgan fingerprint density at radius 2 is 1.71 bits per heavy atom. The van der Waals surface area contributed by atoms with Gasteiger partial charge in [0, 0.05) is 24.1 Å². The van der Waals surface area contributed by atoms with Crippen LogP contribution < -0.4 is 9.47 Å². The molecule has 0 spiro atoms. The highest BCUT2D eigenvalue weighted by Gasteiger charge is 2.26. The van der Waals surface area contributed by atoms with Crippen molar-refractivity contribution in [2.75, 3.05) is 6.61 Å². The van der Waals surface area contributed by atoms with Gasteiger partial charge < -0.3 is 14.6 Å². The Morgan fingerprint density at radius 3 is 2.32 bits per heavy atom. The molecule has 0 aliphatic rings. The van der Waals surface area contributed by atoms with Crippen LogP contribution >= 0.6 is 0 Å². The van der Waals surface area contributed by atoms with Crippen molar-refractivity contribution in [3.63, 3.8) is 0 Å². The van der Waals surface area contributed by atoms with Crippen molar-refractivity contribution >= 4 is 12.0 Å². The van der Waals surface area contributed by atoms with E-state index in [1.54, 1.807) is 24.3 Å². The van der Waals surface area contributed by atoms with Crippen LogP contribution in [-0.4, -0.2) is 23.9 Å². The molecule has 0 heterocycles. The van der Waals surface area contributed by atoms with Gasteiger partial charge in [0.25, 0.3) is 0 Å². The van der Waals surface area contributed by atoms with E-state index < -0.39 is 24.4 Å². The summed E-state index contributed by atoms with van der Waals surface area (Å²) in [7, 11) is 0. The van der Waals surface area contributed by atoms with E-state index in [1.807, 2.05) is 0 Å². The maximum Gasteiger partial charge on any atom is 0.389 e. The molecule has 1 N–H and O–H groups in total. The molecule has 2 aromatic rings. The molecule has 150 valence electrons. The van der Waals surface area contributed by atoms with Gasteiger partial charge in [-0.25, -0.2) is 9.18 Å². The number of hydrogen-bond donors (Lipinski definition) is 1. The summed E-state index contributed by atoms with van der Waals surface area (Å²) >= 11 is 0. The zero-order valence-electron chi connectivity index (χ0n) is 14.7. The Labute approximate surface area is 159 Å². The van der Waals surface area contributed by atoms with E-state index in [0.29, 0.717) is 11.3 Å². The second kappa shape index (κ2) is 9.77. The Kier molecular flexibility index (Phi) is 7.43. The molecule has 0 aliphatic carbocycles. The quantitative estimate of drug-likeness (QED) is 0.357. The van der Waals surface area contributed by atoms with Crippen LogP contribution in [0.2, 0.25) is 0 Å². The summed E-state index contributed by atoms with van der Waals surface area (Å²) in [6, 6.07) is 10.6. The summed E-state index contributed by atoms with van der Waals surface area (Å²) in [4.78, 5) is 10.5. The predicted octanol–water partition coefficient (Wildman–Crippen LogP) is 5.22. The lowest BCUT2D eigenvalue weighted by Crippen LogP contribution is -2.09. The number of carboxylic acid groups (broad SMARTS) is 1. The molecule has 0 aromatic heterocycles. The standard InChI is InChI=1S/C20H18F4O4/c21-18-12-17(27-11-1-10-20(22,23)24)8-5-15(18)13-28-16-6-2-14(3-7-16)4-9-19(25)26/h2-9,12H,1,10-11,13H2,(H,25,26). The van der Waals surface area contributed by atoms with Gasteiger partial charge in [-0.15, -0.1) is 0 Å². The largest absolute Gasteiger partial charge is 0.493 e. The summed E-state index contributed by atoms with van der Waals surface area (Å²) < 4.78 is 60.9. The van der Waals surface area contributed by atoms with E-state index in [1.165, 1.54) is 18.2 Å². The number of ether oxygens (including phenoxy) is 2. The first-order chi connectivity index (χ1) is 13.2. The summed E-state index contributed by atoms with van der Waals surface area (Å²) in [6.07, 6.45) is -2.95. The molecule has 0 fully saturated rings. The Bertz CT molecular complexity index is 814. The smallest absolute Gasteiger partial charge is 0.389 e.